The molecule has 21 heavy (non-hydrogen) atoms. The van der Waals surface area contributed by atoms with E-state index in [4.69, 9.17) is 0 Å². The van der Waals surface area contributed by atoms with Gasteiger partial charge in [0, 0.05) is 5.39 Å². The molecule has 0 radical (unpaired) electrons. The Labute approximate surface area is 116 Å². The van der Waals surface area contributed by atoms with Gasteiger partial charge in [-0.3, -0.25) is 4.79 Å². The van der Waals surface area contributed by atoms with Crippen LogP contribution in [0.3, 0.4) is 0 Å². The van der Waals surface area contributed by atoms with Gasteiger partial charge in [0.25, 0.3) is 5.78 Å². The van der Waals surface area contributed by atoms with Crippen LogP contribution in [0.5, 0.6) is 0 Å². The summed E-state index contributed by atoms with van der Waals surface area (Å²) in [6.45, 7) is 0. The van der Waals surface area contributed by atoms with Crippen LogP contribution in [0.1, 0.15) is 10.5 Å². The van der Waals surface area contributed by atoms with Gasteiger partial charge in [0.15, 0.2) is 5.69 Å². The SMILES string of the molecule is O=C(c1cn(-c2cccc3ccccc23)nn1)C(F)(F)F. The third kappa shape index (κ3) is 2.37. The molecule has 3 rings (SSSR count). The number of carbonyl (C=O) groups excluding carboxylic acids is 1. The van der Waals surface area contributed by atoms with E-state index in [1.54, 1.807) is 12.1 Å². The maximum absolute atomic E-state index is 12.4. The number of aromatic nitrogens is 3. The number of hydrogen-bond acceptors (Lipinski definition) is 3. The van der Waals surface area contributed by atoms with Crippen molar-refractivity contribution in [2.75, 3.05) is 0 Å². The molecule has 7 heteroatoms. The summed E-state index contributed by atoms with van der Waals surface area (Å²) in [5.74, 6) is -2.01. The van der Waals surface area contributed by atoms with E-state index < -0.39 is 17.7 Å². The number of nitrogens with zero attached hydrogens (tertiary/aromatic N) is 3. The van der Waals surface area contributed by atoms with Crippen LogP contribution in [0.25, 0.3) is 16.5 Å². The molecule has 0 saturated carbocycles. The summed E-state index contributed by atoms with van der Waals surface area (Å²) >= 11 is 0. The van der Waals surface area contributed by atoms with Crippen LogP contribution in [-0.4, -0.2) is 27.0 Å². The average molecular weight is 291 g/mol. The van der Waals surface area contributed by atoms with Gasteiger partial charge in [-0.25, -0.2) is 4.68 Å². The Morgan fingerprint density at radius 1 is 1.05 bits per heavy atom. The van der Waals surface area contributed by atoms with Gasteiger partial charge >= 0.3 is 6.18 Å². The quantitative estimate of drug-likeness (QED) is 0.681. The highest BCUT2D eigenvalue weighted by molar-refractivity contribution is 5.98. The van der Waals surface area contributed by atoms with Gasteiger partial charge in [0.1, 0.15) is 0 Å². The van der Waals surface area contributed by atoms with Crippen molar-refractivity contribution in [1.82, 2.24) is 15.0 Å². The van der Waals surface area contributed by atoms with E-state index in [0.29, 0.717) is 5.69 Å². The minimum atomic E-state index is -4.96. The van der Waals surface area contributed by atoms with Gasteiger partial charge in [0.2, 0.25) is 0 Å². The normalized spacial score (nSPS) is 11.8. The first kappa shape index (κ1) is 13.3. The fourth-order valence-electron chi connectivity index (χ4n) is 2.04. The third-order valence-corrected chi connectivity index (χ3v) is 3.00. The number of benzene rings is 2. The molecule has 0 unspecified atom stereocenters. The molecule has 0 bridgehead atoms. The van der Waals surface area contributed by atoms with E-state index >= 15 is 0 Å². The number of hydrogen-bond donors (Lipinski definition) is 0. The summed E-state index contributed by atoms with van der Waals surface area (Å²) in [7, 11) is 0. The number of carbonyl (C=O) groups is 1. The molecule has 106 valence electrons. The minimum Gasteiger partial charge on any atom is -0.282 e. The number of alkyl halides is 3. The maximum atomic E-state index is 12.4. The monoisotopic (exact) mass is 291 g/mol. The Kier molecular flexibility index (Phi) is 2.97. The van der Waals surface area contributed by atoms with E-state index in [0.717, 1.165) is 17.0 Å². The van der Waals surface area contributed by atoms with Crippen molar-refractivity contribution in [3.63, 3.8) is 0 Å². The van der Waals surface area contributed by atoms with Gasteiger partial charge < -0.3 is 0 Å². The second-order valence-corrected chi connectivity index (χ2v) is 4.37. The number of fused-ring (bicyclic) bond motifs is 1. The van der Waals surface area contributed by atoms with Crippen LogP contribution >= 0.6 is 0 Å². The number of halogens is 3. The van der Waals surface area contributed by atoms with Crippen LogP contribution in [-0.2, 0) is 0 Å². The zero-order valence-electron chi connectivity index (χ0n) is 10.5. The Balaban J connectivity index is 2.09. The lowest BCUT2D eigenvalue weighted by atomic mass is 10.1. The lowest BCUT2D eigenvalue weighted by Gasteiger charge is -2.05. The Hall–Kier alpha value is -2.70. The molecule has 0 saturated heterocycles. The molecule has 0 spiro atoms. The highest BCUT2D eigenvalue weighted by atomic mass is 19.4. The molecular formula is C14H8F3N3O. The summed E-state index contributed by atoms with van der Waals surface area (Å²) in [5, 5.41) is 8.64. The van der Waals surface area contributed by atoms with E-state index in [1.165, 1.54) is 4.68 Å². The number of rotatable bonds is 2. The molecule has 4 nitrogen and oxygen atoms in total. The Morgan fingerprint density at radius 3 is 2.52 bits per heavy atom. The topological polar surface area (TPSA) is 47.8 Å². The van der Waals surface area contributed by atoms with Gasteiger partial charge in [-0.05, 0) is 11.5 Å². The van der Waals surface area contributed by atoms with Crippen molar-refractivity contribution >= 4 is 16.6 Å². The fraction of sp³-hybridized carbons (Fsp3) is 0.0714. The first-order valence-electron chi connectivity index (χ1n) is 5.99. The van der Waals surface area contributed by atoms with Gasteiger partial charge in [-0.2, -0.15) is 13.2 Å². The van der Waals surface area contributed by atoms with Crippen LogP contribution in [0.15, 0.2) is 48.7 Å². The average Bonchev–Trinajstić information content (AvgIpc) is 2.94. The largest absolute Gasteiger partial charge is 0.456 e. The molecule has 0 amide bonds. The van der Waals surface area contributed by atoms with E-state index in [2.05, 4.69) is 10.3 Å². The first-order chi connectivity index (χ1) is 9.97. The Morgan fingerprint density at radius 2 is 1.76 bits per heavy atom. The fourth-order valence-corrected chi connectivity index (χ4v) is 2.04. The zero-order valence-corrected chi connectivity index (χ0v) is 10.5. The standard InChI is InChI=1S/C14H8F3N3O/c15-14(16,17)13(21)11-8-20(19-18-11)12-7-3-5-9-4-1-2-6-10(9)12/h1-8H. The van der Waals surface area contributed by atoms with E-state index in [9.17, 15) is 18.0 Å². The summed E-state index contributed by atoms with van der Waals surface area (Å²) in [4.78, 5) is 11.1. The second-order valence-electron chi connectivity index (χ2n) is 4.37. The predicted molar refractivity (Wildman–Crippen MR) is 69.3 cm³/mol. The molecule has 2 aromatic carbocycles. The van der Waals surface area contributed by atoms with E-state index in [-0.39, 0.29) is 0 Å². The van der Waals surface area contributed by atoms with Gasteiger partial charge in [-0.1, -0.05) is 41.6 Å². The van der Waals surface area contributed by atoms with Crippen molar-refractivity contribution in [2.24, 2.45) is 0 Å². The highest BCUT2D eigenvalue weighted by Gasteiger charge is 2.41. The van der Waals surface area contributed by atoms with Crippen molar-refractivity contribution in [1.29, 1.82) is 0 Å². The van der Waals surface area contributed by atoms with Crippen molar-refractivity contribution < 1.29 is 18.0 Å². The molecule has 1 heterocycles. The number of ketones is 1. The summed E-state index contributed by atoms with van der Waals surface area (Å²) < 4.78 is 38.3. The van der Waals surface area contributed by atoms with Crippen molar-refractivity contribution in [2.45, 2.75) is 6.18 Å². The lowest BCUT2D eigenvalue weighted by Crippen LogP contribution is -2.23. The molecule has 1 aromatic heterocycles. The van der Waals surface area contributed by atoms with E-state index in [1.807, 2.05) is 30.3 Å². The smallest absolute Gasteiger partial charge is 0.282 e. The van der Waals surface area contributed by atoms with Crippen molar-refractivity contribution in [3.8, 4) is 5.69 Å². The predicted octanol–water partition coefficient (Wildman–Crippen LogP) is 3.17. The minimum absolute atomic E-state index is 0.557. The molecule has 0 aliphatic heterocycles. The van der Waals surface area contributed by atoms with Crippen LogP contribution in [0.4, 0.5) is 13.2 Å². The molecule has 0 fully saturated rings. The molecule has 0 atom stereocenters. The maximum Gasteiger partial charge on any atom is 0.456 e. The van der Waals surface area contributed by atoms with Crippen LogP contribution in [0, 0.1) is 0 Å². The van der Waals surface area contributed by atoms with Crippen LogP contribution < -0.4 is 0 Å². The molecule has 0 aliphatic carbocycles. The zero-order chi connectivity index (χ0) is 15.0. The first-order valence-corrected chi connectivity index (χ1v) is 5.99. The van der Waals surface area contributed by atoms with Gasteiger partial charge in [0.05, 0.1) is 11.9 Å². The van der Waals surface area contributed by atoms with Gasteiger partial charge in [-0.15, -0.1) is 5.10 Å². The Bertz CT molecular complexity index is 818. The molecule has 3 aromatic rings. The van der Waals surface area contributed by atoms with Crippen LogP contribution in [0.2, 0.25) is 0 Å². The highest BCUT2D eigenvalue weighted by Crippen LogP contribution is 2.23. The third-order valence-electron chi connectivity index (χ3n) is 3.00. The number of Topliss-reactive ketones (excluding diaryl/α,β-unsaturated/α-hetero) is 1. The summed E-state index contributed by atoms with van der Waals surface area (Å²) in [6.07, 6.45) is -3.97. The second kappa shape index (κ2) is 4.69. The van der Waals surface area contributed by atoms with Crippen molar-refractivity contribution in [3.05, 3.63) is 54.4 Å². The molecular weight excluding hydrogens is 283 g/mol. The lowest BCUT2D eigenvalue weighted by molar-refractivity contribution is -0.0888. The molecule has 0 N–H and O–H groups in total. The summed E-state index contributed by atoms with van der Waals surface area (Å²) in [5.41, 5.74) is -0.169. The molecule has 0 aliphatic rings. The summed E-state index contributed by atoms with van der Waals surface area (Å²) in [6, 6.07) is 12.7.